The molecule has 0 spiro atoms. The van der Waals surface area contributed by atoms with E-state index in [-0.39, 0.29) is 5.91 Å². The summed E-state index contributed by atoms with van der Waals surface area (Å²) in [4.78, 5) is 12.2. The average molecular weight is 283 g/mol. The molecule has 2 aromatic rings. The van der Waals surface area contributed by atoms with E-state index in [0.717, 1.165) is 5.56 Å². The molecular weight excluding hydrogens is 262 g/mol. The van der Waals surface area contributed by atoms with Gasteiger partial charge >= 0.3 is 0 Å². The summed E-state index contributed by atoms with van der Waals surface area (Å²) in [6.45, 7) is 5.58. The minimum atomic E-state index is -0.761. The Morgan fingerprint density at radius 1 is 1.00 bits per heavy atom. The summed E-state index contributed by atoms with van der Waals surface area (Å²) in [6, 6.07) is 16.8. The highest BCUT2D eigenvalue weighted by molar-refractivity contribution is 5.95. The van der Waals surface area contributed by atoms with Gasteiger partial charge in [0.25, 0.3) is 0 Å². The maximum Gasteiger partial charge on any atom is 0.229 e. The largest absolute Gasteiger partial charge is 0.384 e. The Bertz CT molecular complexity index is 615. The van der Waals surface area contributed by atoms with Crippen LogP contribution in [0.3, 0.4) is 0 Å². The Hall–Kier alpha value is -2.13. The van der Waals surface area contributed by atoms with Gasteiger partial charge in [-0.05, 0) is 11.6 Å². The predicted molar refractivity (Wildman–Crippen MR) is 85.0 cm³/mol. The molecule has 1 amide bonds. The second-order valence-corrected chi connectivity index (χ2v) is 6.10. The van der Waals surface area contributed by atoms with E-state index in [1.165, 1.54) is 0 Å². The number of carbonyl (C=O) groups excluding carboxylic acids is 1. The Labute approximate surface area is 125 Å². The molecule has 3 nitrogen and oxygen atoms in total. The summed E-state index contributed by atoms with van der Waals surface area (Å²) >= 11 is 0. The predicted octanol–water partition coefficient (Wildman–Crippen LogP) is 3.75. The van der Waals surface area contributed by atoms with Crippen molar-refractivity contribution in [3.63, 3.8) is 0 Å². The lowest BCUT2D eigenvalue weighted by atomic mass is 9.94. The van der Waals surface area contributed by atoms with E-state index in [4.69, 9.17) is 0 Å². The Balaban J connectivity index is 2.31. The number of hydrogen-bond acceptors (Lipinski definition) is 2. The molecule has 110 valence electrons. The maximum atomic E-state index is 12.2. The third-order valence-electron chi connectivity index (χ3n) is 3.30. The molecule has 0 fully saturated rings. The van der Waals surface area contributed by atoms with Crippen molar-refractivity contribution < 1.29 is 9.90 Å². The number of aliphatic hydroxyl groups excluding tert-OH is 1. The van der Waals surface area contributed by atoms with Crippen molar-refractivity contribution in [1.29, 1.82) is 0 Å². The first-order chi connectivity index (χ1) is 9.89. The van der Waals surface area contributed by atoms with Gasteiger partial charge < -0.3 is 10.4 Å². The van der Waals surface area contributed by atoms with Crippen LogP contribution in [-0.4, -0.2) is 11.0 Å². The van der Waals surface area contributed by atoms with Crippen LogP contribution in [0.1, 0.15) is 38.0 Å². The first-order valence-corrected chi connectivity index (χ1v) is 7.03. The SMILES string of the molecule is CC(C)(C)C(=O)Nc1ccccc1C(O)c1ccccc1. The van der Waals surface area contributed by atoms with Crippen LogP contribution >= 0.6 is 0 Å². The lowest BCUT2D eigenvalue weighted by Gasteiger charge is -2.21. The van der Waals surface area contributed by atoms with E-state index >= 15 is 0 Å². The number of carbonyl (C=O) groups is 1. The van der Waals surface area contributed by atoms with Crippen LogP contribution in [0, 0.1) is 5.41 Å². The molecule has 0 heterocycles. The van der Waals surface area contributed by atoms with Gasteiger partial charge in [-0.15, -0.1) is 0 Å². The Kier molecular flexibility index (Phi) is 4.43. The Morgan fingerprint density at radius 3 is 2.19 bits per heavy atom. The maximum absolute atomic E-state index is 12.2. The van der Waals surface area contributed by atoms with Gasteiger partial charge in [0.05, 0.1) is 0 Å². The number of benzene rings is 2. The van der Waals surface area contributed by atoms with E-state index < -0.39 is 11.5 Å². The molecule has 2 N–H and O–H groups in total. The molecule has 0 saturated heterocycles. The van der Waals surface area contributed by atoms with Crippen molar-refractivity contribution in [2.45, 2.75) is 26.9 Å². The molecule has 3 heteroatoms. The smallest absolute Gasteiger partial charge is 0.229 e. The minimum Gasteiger partial charge on any atom is -0.384 e. The molecule has 0 radical (unpaired) electrons. The topological polar surface area (TPSA) is 49.3 Å². The third kappa shape index (κ3) is 3.70. The van der Waals surface area contributed by atoms with Crippen LogP contribution in [-0.2, 0) is 4.79 Å². The van der Waals surface area contributed by atoms with E-state index in [1.807, 2.05) is 75.4 Å². The van der Waals surface area contributed by atoms with Crippen molar-refractivity contribution in [3.05, 3.63) is 65.7 Å². The van der Waals surface area contributed by atoms with Gasteiger partial charge in [-0.2, -0.15) is 0 Å². The monoisotopic (exact) mass is 283 g/mol. The van der Waals surface area contributed by atoms with Gasteiger partial charge in [0, 0.05) is 16.7 Å². The summed E-state index contributed by atoms with van der Waals surface area (Å²) in [6.07, 6.45) is -0.761. The van der Waals surface area contributed by atoms with Gasteiger partial charge in [0.15, 0.2) is 0 Å². The first kappa shape index (κ1) is 15.3. The second-order valence-electron chi connectivity index (χ2n) is 6.10. The summed E-state index contributed by atoms with van der Waals surface area (Å²) in [7, 11) is 0. The summed E-state index contributed by atoms with van der Waals surface area (Å²) < 4.78 is 0. The van der Waals surface area contributed by atoms with Crippen LogP contribution in [0.5, 0.6) is 0 Å². The van der Waals surface area contributed by atoms with E-state index in [2.05, 4.69) is 5.32 Å². The molecule has 21 heavy (non-hydrogen) atoms. The minimum absolute atomic E-state index is 0.0739. The number of amides is 1. The average Bonchev–Trinajstić information content (AvgIpc) is 2.47. The second kappa shape index (κ2) is 6.10. The van der Waals surface area contributed by atoms with Gasteiger partial charge in [0.1, 0.15) is 6.10 Å². The van der Waals surface area contributed by atoms with Crippen molar-refractivity contribution in [2.24, 2.45) is 5.41 Å². The normalized spacial score (nSPS) is 12.8. The highest BCUT2D eigenvalue weighted by Gasteiger charge is 2.23. The number of para-hydroxylation sites is 1. The molecule has 0 aliphatic heterocycles. The molecule has 0 aliphatic carbocycles. The molecule has 2 rings (SSSR count). The Morgan fingerprint density at radius 2 is 1.57 bits per heavy atom. The number of hydrogen-bond donors (Lipinski definition) is 2. The highest BCUT2D eigenvalue weighted by Crippen LogP contribution is 2.29. The number of aliphatic hydroxyl groups is 1. The van der Waals surface area contributed by atoms with Crippen molar-refractivity contribution in [1.82, 2.24) is 0 Å². The van der Waals surface area contributed by atoms with Gasteiger partial charge in [-0.1, -0.05) is 69.3 Å². The molecule has 0 aromatic heterocycles. The number of anilines is 1. The lowest BCUT2D eigenvalue weighted by molar-refractivity contribution is -0.123. The summed E-state index contributed by atoms with van der Waals surface area (Å²) in [5.41, 5.74) is 1.66. The van der Waals surface area contributed by atoms with Gasteiger partial charge in [0.2, 0.25) is 5.91 Å². The highest BCUT2D eigenvalue weighted by atomic mass is 16.3. The zero-order valence-corrected chi connectivity index (χ0v) is 12.6. The standard InChI is InChI=1S/C18H21NO2/c1-18(2,3)17(21)19-15-12-8-7-11-14(15)16(20)13-9-5-4-6-10-13/h4-12,16,20H,1-3H3,(H,19,21). The zero-order chi connectivity index (χ0) is 15.5. The molecular formula is C18H21NO2. The van der Waals surface area contributed by atoms with Crippen molar-refractivity contribution in [3.8, 4) is 0 Å². The molecule has 0 bridgehead atoms. The van der Waals surface area contributed by atoms with Crippen molar-refractivity contribution in [2.75, 3.05) is 5.32 Å². The van der Waals surface area contributed by atoms with E-state index in [9.17, 15) is 9.90 Å². The molecule has 1 atom stereocenters. The van der Waals surface area contributed by atoms with Crippen molar-refractivity contribution >= 4 is 11.6 Å². The van der Waals surface area contributed by atoms with Crippen LogP contribution < -0.4 is 5.32 Å². The van der Waals surface area contributed by atoms with Crippen LogP contribution in [0.25, 0.3) is 0 Å². The number of nitrogens with one attached hydrogen (secondary N) is 1. The van der Waals surface area contributed by atoms with Gasteiger partial charge in [-0.3, -0.25) is 4.79 Å². The zero-order valence-electron chi connectivity index (χ0n) is 12.6. The third-order valence-corrected chi connectivity index (χ3v) is 3.30. The fourth-order valence-corrected chi connectivity index (χ4v) is 1.97. The van der Waals surface area contributed by atoms with Crippen LogP contribution in [0.4, 0.5) is 5.69 Å². The quantitative estimate of drug-likeness (QED) is 0.901. The van der Waals surface area contributed by atoms with E-state index in [0.29, 0.717) is 11.3 Å². The van der Waals surface area contributed by atoms with E-state index in [1.54, 1.807) is 0 Å². The van der Waals surface area contributed by atoms with Gasteiger partial charge in [-0.25, -0.2) is 0 Å². The summed E-state index contributed by atoms with van der Waals surface area (Å²) in [5.74, 6) is -0.0739. The fraction of sp³-hybridized carbons (Fsp3) is 0.278. The molecule has 0 aliphatic rings. The summed E-state index contributed by atoms with van der Waals surface area (Å²) in [5, 5.41) is 13.4. The number of rotatable bonds is 3. The first-order valence-electron chi connectivity index (χ1n) is 7.03. The molecule has 1 unspecified atom stereocenters. The fourth-order valence-electron chi connectivity index (χ4n) is 1.97. The van der Waals surface area contributed by atoms with Crippen LogP contribution in [0.15, 0.2) is 54.6 Å². The lowest BCUT2D eigenvalue weighted by Crippen LogP contribution is -2.28. The molecule has 2 aromatic carbocycles. The molecule has 0 saturated carbocycles. The van der Waals surface area contributed by atoms with Crippen LogP contribution in [0.2, 0.25) is 0 Å².